The quantitative estimate of drug-likeness (QED) is 0.921. The molecule has 0 radical (unpaired) electrons. The van der Waals surface area contributed by atoms with E-state index in [0.717, 1.165) is 19.5 Å². The van der Waals surface area contributed by atoms with Gasteiger partial charge in [-0.3, -0.25) is 0 Å². The molecule has 2 rings (SSSR count). The van der Waals surface area contributed by atoms with Gasteiger partial charge in [-0.25, -0.2) is 0 Å². The number of nitrogens with zero attached hydrogens (tertiary/aromatic N) is 4. The van der Waals surface area contributed by atoms with E-state index in [1.54, 1.807) is 0 Å². The zero-order chi connectivity index (χ0) is 13.8. The molecule has 1 aromatic heterocycles. The Morgan fingerprint density at radius 3 is 2.84 bits per heavy atom. The number of aromatic nitrogens is 3. The first-order valence-corrected chi connectivity index (χ1v) is 7.41. The molecule has 2 heterocycles. The number of halogens is 1. The predicted molar refractivity (Wildman–Crippen MR) is 78.8 cm³/mol. The first-order valence-electron chi connectivity index (χ1n) is 7.04. The Kier molecular flexibility index (Phi) is 4.80. The summed E-state index contributed by atoms with van der Waals surface area (Å²) >= 11 is 6.00. The largest absolute Gasteiger partial charge is 0.354 e. The predicted octanol–water partition coefficient (Wildman–Crippen LogP) is 2.97. The second-order valence-electron chi connectivity index (χ2n) is 5.21. The van der Waals surface area contributed by atoms with Gasteiger partial charge >= 0.3 is 0 Å². The Morgan fingerprint density at radius 1 is 1.32 bits per heavy atom. The molecule has 0 bridgehead atoms. The van der Waals surface area contributed by atoms with Crippen molar-refractivity contribution in [3.05, 3.63) is 5.28 Å². The Bertz CT molecular complexity index is 425. The number of nitrogens with one attached hydrogen (secondary N) is 1. The van der Waals surface area contributed by atoms with Gasteiger partial charge in [0.1, 0.15) is 0 Å². The summed E-state index contributed by atoms with van der Waals surface area (Å²) in [5.41, 5.74) is 0. The van der Waals surface area contributed by atoms with Crippen LogP contribution in [0.3, 0.4) is 0 Å². The van der Waals surface area contributed by atoms with Gasteiger partial charge in [0.25, 0.3) is 0 Å². The van der Waals surface area contributed by atoms with Crippen molar-refractivity contribution in [1.29, 1.82) is 0 Å². The first-order chi connectivity index (χ1) is 9.11. The Morgan fingerprint density at radius 2 is 2.11 bits per heavy atom. The highest BCUT2D eigenvalue weighted by Crippen LogP contribution is 2.27. The van der Waals surface area contributed by atoms with Crippen LogP contribution in [-0.2, 0) is 0 Å². The van der Waals surface area contributed by atoms with Gasteiger partial charge in [-0.15, -0.1) is 0 Å². The maximum atomic E-state index is 6.00. The fourth-order valence-corrected chi connectivity index (χ4v) is 2.56. The lowest BCUT2D eigenvalue weighted by atomic mass is 9.92. The Labute approximate surface area is 119 Å². The number of anilines is 2. The van der Waals surface area contributed by atoms with Crippen LogP contribution < -0.4 is 10.2 Å². The van der Waals surface area contributed by atoms with Crippen LogP contribution in [0.25, 0.3) is 0 Å². The molecule has 2 unspecified atom stereocenters. The summed E-state index contributed by atoms with van der Waals surface area (Å²) in [6.45, 7) is 8.42. The summed E-state index contributed by atoms with van der Waals surface area (Å²) in [5.74, 6) is 1.91. The van der Waals surface area contributed by atoms with E-state index in [2.05, 4.69) is 45.9 Å². The normalized spacial score (nSPS) is 23.5. The van der Waals surface area contributed by atoms with Gasteiger partial charge in [0, 0.05) is 19.1 Å². The van der Waals surface area contributed by atoms with Crippen LogP contribution in [0.4, 0.5) is 11.9 Å². The second kappa shape index (κ2) is 6.37. The van der Waals surface area contributed by atoms with Crippen molar-refractivity contribution in [2.24, 2.45) is 5.92 Å². The van der Waals surface area contributed by atoms with E-state index in [4.69, 9.17) is 11.6 Å². The summed E-state index contributed by atoms with van der Waals surface area (Å²) in [6.07, 6.45) is 3.46. The van der Waals surface area contributed by atoms with Crippen molar-refractivity contribution < 1.29 is 0 Å². The van der Waals surface area contributed by atoms with E-state index in [1.807, 2.05) is 0 Å². The molecule has 6 heteroatoms. The van der Waals surface area contributed by atoms with Crippen molar-refractivity contribution in [3.63, 3.8) is 0 Å². The van der Waals surface area contributed by atoms with Crippen molar-refractivity contribution in [1.82, 2.24) is 15.0 Å². The Hall–Kier alpha value is -1.10. The van der Waals surface area contributed by atoms with E-state index in [9.17, 15) is 0 Å². The second-order valence-corrected chi connectivity index (χ2v) is 5.55. The third-order valence-electron chi connectivity index (χ3n) is 3.76. The van der Waals surface area contributed by atoms with Gasteiger partial charge in [0.2, 0.25) is 17.2 Å². The smallest absolute Gasteiger partial charge is 0.231 e. The molecule has 1 aliphatic rings. The lowest BCUT2D eigenvalue weighted by molar-refractivity contribution is 0.359. The minimum atomic E-state index is 0.258. The molecule has 0 aliphatic carbocycles. The summed E-state index contributed by atoms with van der Waals surface area (Å²) in [5, 5.41) is 3.43. The Balaban J connectivity index is 2.20. The van der Waals surface area contributed by atoms with E-state index in [-0.39, 0.29) is 5.28 Å². The molecule has 0 saturated carbocycles. The van der Waals surface area contributed by atoms with Gasteiger partial charge in [-0.05, 0) is 43.7 Å². The average molecular weight is 284 g/mol. The molecular formula is C13H22ClN5. The molecule has 0 spiro atoms. The molecule has 106 valence electrons. The third-order valence-corrected chi connectivity index (χ3v) is 3.93. The van der Waals surface area contributed by atoms with Crippen molar-refractivity contribution in [2.45, 2.75) is 46.1 Å². The van der Waals surface area contributed by atoms with Crippen LogP contribution in [0.5, 0.6) is 0 Å². The summed E-state index contributed by atoms with van der Waals surface area (Å²) in [7, 11) is 0. The lowest BCUT2D eigenvalue weighted by Gasteiger charge is -2.37. The molecule has 1 N–H and O–H groups in total. The number of hydrogen-bond acceptors (Lipinski definition) is 5. The molecule has 1 saturated heterocycles. The van der Waals surface area contributed by atoms with Crippen LogP contribution in [0.15, 0.2) is 0 Å². The monoisotopic (exact) mass is 283 g/mol. The number of rotatable bonds is 4. The maximum absolute atomic E-state index is 6.00. The highest BCUT2D eigenvalue weighted by Gasteiger charge is 2.27. The highest BCUT2D eigenvalue weighted by molar-refractivity contribution is 6.28. The van der Waals surface area contributed by atoms with E-state index in [0.29, 0.717) is 23.9 Å². The minimum absolute atomic E-state index is 0.258. The third kappa shape index (κ3) is 3.47. The molecular weight excluding hydrogens is 262 g/mol. The van der Waals surface area contributed by atoms with Gasteiger partial charge in [0.05, 0.1) is 0 Å². The standard InChI is InChI=1S/C13H22ClN5/c1-4-7-15-12-16-11(14)17-13(18-12)19-8-5-6-9(2)10(19)3/h9-10H,4-8H2,1-3H3,(H,15,16,17,18). The summed E-state index contributed by atoms with van der Waals surface area (Å²) in [6, 6.07) is 0.436. The molecule has 0 aromatic carbocycles. The molecule has 1 fully saturated rings. The zero-order valence-electron chi connectivity index (χ0n) is 11.9. The van der Waals surface area contributed by atoms with Crippen LogP contribution >= 0.6 is 11.6 Å². The molecule has 2 atom stereocenters. The van der Waals surface area contributed by atoms with Crippen LogP contribution in [0.2, 0.25) is 5.28 Å². The van der Waals surface area contributed by atoms with E-state index >= 15 is 0 Å². The SMILES string of the molecule is CCCNc1nc(Cl)nc(N2CCCC(C)C2C)n1. The summed E-state index contributed by atoms with van der Waals surface area (Å²) in [4.78, 5) is 15.1. The van der Waals surface area contributed by atoms with E-state index < -0.39 is 0 Å². The molecule has 19 heavy (non-hydrogen) atoms. The van der Waals surface area contributed by atoms with Crippen molar-refractivity contribution >= 4 is 23.5 Å². The van der Waals surface area contributed by atoms with Gasteiger partial charge in [0.15, 0.2) is 0 Å². The summed E-state index contributed by atoms with van der Waals surface area (Å²) < 4.78 is 0. The van der Waals surface area contributed by atoms with Crippen molar-refractivity contribution in [3.8, 4) is 0 Å². The average Bonchev–Trinajstić information content (AvgIpc) is 2.39. The first kappa shape index (κ1) is 14.3. The number of piperidine rings is 1. The maximum Gasteiger partial charge on any atom is 0.231 e. The lowest BCUT2D eigenvalue weighted by Crippen LogP contribution is -2.43. The van der Waals surface area contributed by atoms with Gasteiger partial charge < -0.3 is 10.2 Å². The van der Waals surface area contributed by atoms with Crippen molar-refractivity contribution in [2.75, 3.05) is 23.3 Å². The fourth-order valence-electron chi connectivity index (χ4n) is 2.40. The van der Waals surface area contributed by atoms with Crippen LogP contribution in [-0.4, -0.2) is 34.1 Å². The molecule has 1 aliphatic heterocycles. The van der Waals surface area contributed by atoms with E-state index in [1.165, 1.54) is 12.8 Å². The molecule has 5 nitrogen and oxygen atoms in total. The van der Waals surface area contributed by atoms with Gasteiger partial charge in [-0.1, -0.05) is 13.8 Å². The fraction of sp³-hybridized carbons (Fsp3) is 0.769. The topological polar surface area (TPSA) is 53.9 Å². The molecule has 0 amide bonds. The zero-order valence-corrected chi connectivity index (χ0v) is 12.6. The van der Waals surface area contributed by atoms with Crippen LogP contribution in [0, 0.1) is 5.92 Å². The number of hydrogen-bond donors (Lipinski definition) is 1. The van der Waals surface area contributed by atoms with Crippen LogP contribution in [0.1, 0.15) is 40.0 Å². The highest BCUT2D eigenvalue weighted by atomic mass is 35.5. The minimum Gasteiger partial charge on any atom is -0.354 e. The van der Waals surface area contributed by atoms with Gasteiger partial charge in [-0.2, -0.15) is 15.0 Å². The molecule has 1 aromatic rings.